The molecule has 0 amide bonds. The van der Waals surface area contributed by atoms with Gasteiger partial charge in [0.25, 0.3) is 0 Å². The summed E-state index contributed by atoms with van der Waals surface area (Å²) in [6.45, 7) is 9.07. The molecule has 0 aliphatic heterocycles. The summed E-state index contributed by atoms with van der Waals surface area (Å²) in [4.78, 5) is 24.0. The Morgan fingerprint density at radius 1 is 1.18 bits per heavy atom. The minimum absolute atomic E-state index is 0.0217. The molecule has 1 rings (SSSR count). The average molecular weight is 303 g/mol. The molecule has 0 fully saturated rings. The van der Waals surface area contributed by atoms with Crippen LogP contribution in [0.2, 0.25) is 0 Å². The largest absolute Gasteiger partial charge is 0.872 e. The molecule has 22 heavy (non-hydrogen) atoms. The summed E-state index contributed by atoms with van der Waals surface area (Å²) < 4.78 is 5.15. The first-order chi connectivity index (χ1) is 10.0. The Kier molecular flexibility index (Phi) is 5.53. The van der Waals surface area contributed by atoms with E-state index in [0.717, 1.165) is 0 Å². The van der Waals surface area contributed by atoms with Crippen molar-refractivity contribution in [3.63, 3.8) is 0 Å². The van der Waals surface area contributed by atoms with Crippen LogP contribution in [0.25, 0.3) is 6.08 Å². The van der Waals surface area contributed by atoms with Crippen molar-refractivity contribution in [2.45, 2.75) is 34.6 Å². The van der Waals surface area contributed by atoms with Crippen LogP contribution >= 0.6 is 0 Å². The first-order valence-electron chi connectivity index (χ1n) is 7.19. The van der Waals surface area contributed by atoms with Crippen LogP contribution in [-0.4, -0.2) is 18.4 Å². The number of carbonyl (C=O) groups is 2. The molecule has 0 aliphatic rings. The van der Waals surface area contributed by atoms with Gasteiger partial charge in [-0.2, -0.15) is 0 Å². The molecule has 0 radical (unpaired) electrons. The van der Waals surface area contributed by atoms with Crippen LogP contribution in [0.3, 0.4) is 0 Å². The van der Waals surface area contributed by atoms with E-state index in [0.29, 0.717) is 5.56 Å². The van der Waals surface area contributed by atoms with Gasteiger partial charge in [-0.1, -0.05) is 45.0 Å². The van der Waals surface area contributed by atoms with Gasteiger partial charge in [0.2, 0.25) is 0 Å². The number of rotatable bonds is 5. The molecule has 1 aromatic carbocycles. The van der Waals surface area contributed by atoms with Crippen molar-refractivity contribution < 1.29 is 19.4 Å². The van der Waals surface area contributed by atoms with Crippen molar-refractivity contribution in [1.82, 2.24) is 0 Å². The molecular formula is C18H23O4-. The second-order valence-corrected chi connectivity index (χ2v) is 6.98. The fourth-order valence-electron chi connectivity index (χ4n) is 2.16. The van der Waals surface area contributed by atoms with E-state index in [9.17, 15) is 14.7 Å². The van der Waals surface area contributed by atoms with Gasteiger partial charge in [-0.3, -0.25) is 4.79 Å². The summed E-state index contributed by atoms with van der Waals surface area (Å²) >= 11 is 0. The fourth-order valence-corrected chi connectivity index (χ4v) is 2.16. The molecule has 0 aliphatic carbocycles. The Balaban J connectivity index is 2.61. The SMILES string of the molecule is CC(C)(C)C(=O)C(C)(C)COC(=O)/C=C/c1cccc([O-])c1. The van der Waals surface area contributed by atoms with E-state index >= 15 is 0 Å². The van der Waals surface area contributed by atoms with Crippen molar-refractivity contribution in [2.24, 2.45) is 10.8 Å². The van der Waals surface area contributed by atoms with E-state index in [2.05, 4.69) is 0 Å². The third-order valence-corrected chi connectivity index (χ3v) is 3.14. The normalized spacial score (nSPS) is 12.4. The summed E-state index contributed by atoms with van der Waals surface area (Å²) in [5.41, 5.74) is -0.591. The highest BCUT2D eigenvalue weighted by molar-refractivity contribution is 5.90. The van der Waals surface area contributed by atoms with Gasteiger partial charge < -0.3 is 9.84 Å². The minimum Gasteiger partial charge on any atom is -0.872 e. The van der Waals surface area contributed by atoms with Gasteiger partial charge in [0.05, 0.1) is 5.41 Å². The van der Waals surface area contributed by atoms with Crippen LogP contribution < -0.4 is 5.11 Å². The van der Waals surface area contributed by atoms with E-state index in [-0.39, 0.29) is 18.1 Å². The first-order valence-corrected chi connectivity index (χ1v) is 7.19. The summed E-state index contributed by atoms with van der Waals surface area (Å²) in [6, 6.07) is 6.21. The molecule has 4 heteroatoms. The number of esters is 1. The second kappa shape index (κ2) is 6.77. The van der Waals surface area contributed by atoms with Gasteiger partial charge in [0.15, 0.2) is 0 Å². The lowest BCUT2D eigenvalue weighted by atomic mass is 9.75. The van der Waals surface area contributed by atoms with Gasteiger partial charge in [0, 0.05) is 11.5 Å². The monoisotopic (exact) mass is 303 g/mol. The highest BCUT2D eigenvalue weighted by Gasteiger charge is 2.36. The minimum atomic E-state index is -0.739. The van der Waals surface area contributed by atoms with Crippen molar-refractivity contribution in [2.75, 3.05) is 6.61 Å². The number of carbonyl (C=O) groups excluding carboxylic acids is 2. The van der Waals surface area contributed by atoms with Gasteiger partial charge in [-0.05, 0) is 25.5 Å². The first kappa shape index (κ1) is 18.0. The van der Waals surface area contributed by atoms with Crippen LogP contribution in [0, 0.1) is 10.8 Å². The maximum Gasteiger partial charge on any atom is 0.330 e. The summed E-state index contributed by atoms with van der Waals surface area (Å²) in [5.74, 6) is -0.616. The van der Waals surface area contributed by atoms with Crippen LogP contribution in [0.1, 0.15) is 40.2 Å². The van der Waals surface area contributed by atoms with E-state index in [1.54, 1.807) is 26.0 Å². The number of benzene rings is 1. The Morgan fingerprint density at radius 3 is 2.36 bits per heavy atom. The van der Waals surface area contributed by atoms with Crippen molar-refractivity contribution in [1.29, 1.82) is 0 Å². The van der Waals surface area contributed by atoms with E-state index < -0.39 is 16.8 Å². The lowest BCUT2D eigenvalue weighted by molar-refractivity contribution is -0.268. The molecule has 0 saturated heterocycles. The molecule has 1 aromatic rings. The van der Waals surface area contributed by atoms with Crippen molar-refractivity contribution in [3.8, 4) is 5.75 Å². The molecule has 0 heterocycles. The molecule has 0 spiro atoms. The Morgan fingerprint density at radius 2 is 1.82 bits per heavy atom. The van der Waals surface area contributed by atoms with Crippen molar-refractivity contribution in [3.05, 3.63) is 35.9 Å². The number of ketones is 1. The molecule has 0 unspecified atom stereocenters. The Bertz CT molecular complexity index is 577. The van der Waals surface area contributed by atoms with Gasteiger partial charge in [-0.25, -0.2) is 4.79 Å². The average Bonchev–Trinajstić information content (AvgIpc) is 2.41. The smallest absolute Gasteiger partial charge is 0.330 e. The van der Waals surface area contributed by atoms with Crippen LogP contribution in [0.5, 0.6) is 5.75 Å². The molecule has 4 nitrogen and oxygen atoms in total. The highest BCUT2D eigenvalue weighted by Crippen LogP contribution is 2.29. The zero-order valence-corrected chi connectivity index (χ0v) is 13.8. The second-order valence-electron chi connectivity index (χ2n) is 6.98. The van der Waals surface area contributed by atoms with Crippen LogP contribution in [-0.2, 0) is 14.3 Å². The Labute approximate surface area is 131 Å². The predicted molar refractivity (Wildman–Crippen MR) is 84.1 cm³/mol. The summed E-state index contributed by atoms with van der Waals surface area (Å²) in [5, 5.41) is 11.2. The molecule has 0 aromatic heterocycles. The van der Waals surface area contributed by atoms with E-state index in [4.69, 9.17) is 4.74 Å². The van der Waals surface area contributed by atoms with Crippen LogP contribution in [0.4, 0.5) is 0 Å². The maximum atomic E-state index is 12.3. The zero-order chi connectivity index (χ0) is 17.0. The van der Waals surface area contributed by atoms with Crippen LogP contribution in [0.15, 0.2) is 30.3 Å². The number of ether oxygens (including phenoxy) is 1. The van der Waals surface area contributed by atoms with Crippen molar-refractivity contribution >= 4 is 17.8 Å². The number of Topliss-reactive ketones (excluding diaryl/α,β-unsaturated/α-hetero) is 1. The quantitative estimate of drug-likeness (QED) is 0.619. The molecule has 0 N–H and O–H groups in total. The number of hydrogen-bond donors (Lipinski definition) is 0. The highest BCUT2D eigenvalue weighted by atomic mass is 16.5. The van der Waals surface area contributed by atoms with Gasteiger partial charge in [0.1, 0.15) is 12.4 Å². The Hall–Kier alpha value is -2.10. The molecule has 0 saturated carbocycles. The van der Waals surface area contributed by atoms with E-state index in [1.807, 2.05) is 20.8 Å². The lowest BCUT2D eigenvalue weighted by Crippen LogP contribution is -2.38. The molecule has 120 valence electrons. The summed E-state index contributed by atoms with van der Waals surface area (Å²) in [7, 11) is 0. The predicted octanol–water partition coefficient (Wildman–Crippen LogP) is 2.96. The van der Waals surface area contributed by atoms with Gasteiger partial charge in [-0.15, -0.1) is 5.75 Å². The van der Waals surface area contributed by atoms with Gasteiger partial charge >= 0.3 is 5.97 Å². The molecule has 0 atom stereocenters. The molecular weight excluding hydrogens is 280 g/mol. The van der Waals surface area contributed by atoms with E-state index in [1.165, 1.54) is 24.3 Å². The topological polar surface area (TPSA) is 66.4 Å². The maximum absolute atomic E-state index is 12.3. The standard InChI is InChI=1S/C18H24O4/c1-17(2,3)16(21)18(4,5)12-22-15(20)10-9-13-7-6-8-14(19)11-13/h6-11,19H,12H2,1-5H3/p-1/b10-9+. The summed E-state index contributed by atoms with van der Waals surface area (Å²) in [6.07, 6.45) is 2.77. The molecule has 0 bridgehead atoms. The zero-order valence-electron chi connectivity index (χ0n) is 13.8. The third kappa shape index (κ3) is 5.35. The lowest BCUT2D eigenvalue weighted by Gasteiger charge is -2.30. The number of hydrogen-bond acceptors (Lipinski definition) is 4. The third-order valence-electron chi connectivity index (χ3n) is 3.14. The fraction of sp³-hybridized carbons (Fsp3) is 0.444.